The molecule has 0 aliphatic carbocycles. The molecule has 2 aromatic rings. The van der Waals surface area contributed by atoms with Gasteiger partial charge in [-0.05, 0) is 55.3 Å². The van der Waals surface area contributed by atoms with Gasteiger partial charge in [0, 0.05) is 25.3 Å². The molecule has 0 saturated carbocycles. The Morgan fingerprint density at radius 3 is 2.16 bits per heavy atom. The van der Waals surface area contributed by atoms with E-state index in [9.17, 15) is 9.59 Å². The molecule has 25 heavy (non-hydrogen) atoms. The Balaban J connectivity index is 1.94. The third-order valence-corrected chi connectivity index (χ3v) is 3.82. The maximum Gasteiger partial charge on any atom is 0.265 e. The molecule has 0 saturated heterocycles. The number of nitrogens with zero attached hydrogens (tertiary/aromatic N) is 1. The van der Waals surface area contributed by atoms with Crippen molar-refractivity contribution in [2.24, 2.45) is 0 Å². The number of ether oxygens (including phenoxy) is 1. The predicted octanol–water partition coefficient (Wildman–Crippen LogP) is 3.36. The lowest BCUT2D eigenvalue weighted by atomic mass is 10.1. The summed E-state index contributed by atoms with van der Waals surface area (Å²) < 4.78 is 5.67. The smallest absolute Gasteiger partial charge is 0.265 e. The largest absolute Gasteiger partial charge is 0.481 e. The fraction of sp³-hybridized carbons (Fsp3) is 0.300. The van der Waals surface area contributed by atoms with Crippen LogP contribution in [0.3, 0.4) is 0 Å². The van der Waals surface area contributed by atoms with Crippen LogP contribution in [0.15, 0.2) is 48.5 Å². The molecular formula is C20H24N2O3. The van der Waals surface area contributed by atoms with Gasteiger partial charge in [-0.2, -0.15) is 0 Å². The maximum atomic E-state index is 12.3. The monoisotopic (exact) mass is 340 g/mol. The summed E-state index contributed by atoms with van der Waals surface area (Å²) in [6, 6.07) is 14.5. The van der Waals surface area contributed by atoms with Crippen molar-refractivity contribution in [1.29, 1.82) is 0 Å². The van der Waals surface area contributed by atoms with Gasteiger partial charge in [0.15, 0.2) is 6.10 Å². The van der Waals surface area contributed by atoms with E-state index in [1.807, 2.05) is 24.3 Å². The van der Waals surface area contributed by atoms with Gasteiger partial charge in [-0.25, -0.2) is 0 Å². The Morgan fingerprint density at radius 1 is 1.04 bits per heavy atom. The fourth-order valence-electron chi connectivity index (χ4n) is 2.26. The minimum absolute atomic E-state index is 0.0786. The van der Waals surface area contributed by atoms with E-state index < -0.39 is 6.10 Å². The zero-order chi connectivity index (χ0) is 18.4. The van der Waals surface area contributed by atoms with Crippen LogP contribution in [0.25, 0.3) is 0 Å². The summed E-state index contributed by atoms with van der Waals surface area (Å²) in [4.78, 5) is 25.6. The zero-order valence-electron chi connectivity index (χ0n) is 15.1. The first kappa shape index (κ1) is 18.5. The second-order valence-electron chi connectivity index (χ2n) is 6.02. The Labute approximate surface area is 148 Å². The summed E-state index contributed by atoms with van der Waals surface area (Å²) in [6.45, 7) is 3.79. The van der Waals surface area contributed by atoms with Gasteiger partial charge in [0.05, 0.1) is 0 Å². The Morgan fingerprint density at radius 2 is 1.64 bits per heavy atom. The summed E-state index contributed by atoms with van der Waals surface area (Å²) in [6.07, 6.45) is 0.332. The quantitative estimate of drug-likeness (QED) is 0.877. The highest BCUT2D eigenvalue weighted by Crippen LogP contribution is 2.16. The highest BCUT2D eigenvalue weighted by molar-refractivity contribution is 5.96. The zero-order valence-corrected chi connectivity index (χ0v) is 15.1. The third-order valence-electron chi connectivity index (χ3n) is 3.82. The molecule has 132 valence electrons. The van der Waals surface area contributed by atoms with Crippen molar-refractivity contribution >= 4 is 17.5 Å². The van der Waals surface area contributed by atoms with Crippen LogP contribution in [-0.2, 0) is 11.2 Å². The van der Waals surface area contributed by atoms with Crippen molar-refractivity contribution < 1.29 is 14.3 Å². The number of benzene rings is 2. The van der Waals surface area contributed by atoms with E-state index in [2.05, 4.69) is 12.2 Å². The highest BCUT2D eigenvalue weighted by atomic mass is 16.5. The first-order chi connectivity index (χ1) is 11.9. The van der Waals surface area contributed by atoms with Gasteiger partial charge < -0.3 is 15.0 Å². The molecule has 0 heterocycles. The summed E-state index contributed by atoms with van der Waals surface area (Å²) in [7, 11) is 3.40. The lowest BCUT2D eigenvalue weighted by molar-refractivity contribution is -0.122. The molecule has 0 aromatic heterocycles. The fourth-order valence-corrected chi connectivity index (χ4v) is 2.26. The van der Waals surface area contributed by atoms with E-state index >= 15 is 0 Å². The summed E-state index contributed by atoms with van der Waals surface area (Å²) in [5.74, 6) is 0.336. The summed E-state index contributed by atoms with van der Waals surface area (Å²) >= 11 is 0. The van der Waals surface area contributed by atoms with Crippen LogP contribution in [0.4, 0.5) is 5.69 Å². The molecule has 1 unspecified atom stereocenters. The van der Waals surface area contributed by atoms with Crippen LogP contribution in [0.1, 0.15) is 29.8 Å². The van der Waals surface area contributed by atoms with Crippen molar-refractivity contribution in [2.45, 2.75) is 26.4 Å². The number of aryl methyl sites for hydroxylation is 1. The Hall–Kier alpha value is -2.82. The lowest BCUT2D eigenvalue weighted by Gasteiger charge is -2.15. The van der Waals surface area contributed by atoms with Gasteiger partial charge in [-0.15, -0.1) is 0 Å². The van der Waals surface area contributed by atoms with E-state index in [1.165, 1.54) is 10.5 Å². The van der Waals surface area contributed by atoms with Crippen LogP contribution in [0.2, 0.25) is 0 Å². The van der Waals surface area contributed by atoms with Crippen LogP contribution in [0.5, 0.6) is 5.75 Å². The molecule has 2 rings (SSSR count). The molecule has 2 amide bonds. The van der Waals surface area contributed by atoms with Crippen molar-refractivity contribution in [1.82, 2.24) is 4.90 Å². The van der Waals surface area contributed by atoms with Crippen molar-refractivity contribution in [3.63, 3.8) is 0 Å². The van der Waals surface area contributed by atoms with Gasteiger partial charge in [-0.1, -0.05) is 19.1 Å². The van der Waals surface area contributed by atoms with Crippen LogP contribution >= 0.6 is 0 Å². The molecule has 1 atom stereocenters. The second kappa shape index (κ2) is 8.33. The first-order valence-electron chi connectivity index (χ1n) is 8.29. The molecule has 1 N–H and O–H groups in total. The van der Waals surface area contributed by atoms with Crippen molar-refractivity contribution in [2.75, 3.05) is 19.4 Å². The second-order valence-corrected chi connectivity index (χ2v) is 6.02. The molecule has 0 spiro atoms. The number of hydrogen-bond acceptors (Lipinski definition) is 3. The third kappa shape index (κ3) is 5.08. The van der Waals surface area contributed by atoms with Gasteiger partial charge in [0.25, 0.3) is 11.8 Å². The average Bonchev–Trinajstić information content (AvgIpc) is 2.62. The standard InChI is InChI=1S/C20H24N2O3/c1-5-15-6-12-18(13-7-15)25-14(2)19(23)21-17-10-8-16(9-11-17)20(24)22(3)4/h6-14H,5H2,1-4H3,(H,21,23). The molecule has 5 heteroatoms. The average molecular weight is 340 g/mol. The minimum Gasteiger partial charge on any atom is -0.481 e. The molecule has 2 aromatic carbocycles. The summed E-state index contributed by atoms with van der Waals surface area (Å²) in [5.41, 5.74) is 2.41. The topological polar surface area (TPSA) is 58.6 Å². The van der Waals surface area contributed by atoms with E-state index in [-0.39, 0.29) is 11.8 Å². The van der Waals surface area contributed by atoms with E-state index in [0.717, 1.165) is 6.42 Å². The lowest BCUT2D eigenvalue weighted by Crippen LogP contribution is -2.30. The van der Waals surface area contributed by atoms with Gasteiger partial charge in [0.2, 0.25) is 0 Å². The molecule has 0 aliphatic rings. The molecular weight excluding hydrogens is 316 g/mol. The van der Waals surface area contributed by atoms with Gasteiger partial charge in [-0.3, -0.25) is 9.59 Å². The number of carbonyl (C=O) groups is 2. The van der Waals surface area contributed by atoms with Crippen LogP contribution in [-0.4, -0.2) is 36.9 Å². The normalized spacial score (nSPS) is 11.5. The van der Waals surface area contributed by atoms with Crippen LogP contribution < -0.4 is 10.1 Å². The molecule has 0 radical (unpaired) electrons. The number of anilines is 1. The van der Waals surface area contributed by atoms with Gasteiger partial charge in [0.1, 0.15) is 5.75 Å². The Kier molecular flexibility index (Phi) is 6.17. The number of carbonyl (C=O) groups excluding carboxylic acids is 2. The predicted molar refractivity (Wildman–Crippen MR) is 99.0 cm³/mol. The number of amides is 2. The first-order valence-corrected chi connectivity index (χ1v) is 8.29. The highest BCUT2D eigenvalue weighted by Gasteiger charge is 2.15. The molecule has 5 nitrogen and oxygen atoms in total. The minimum atomic E-state index is -0.629. The van der Waals surface area contributed by atoms with E-state index in [1.54, 1.807) is 45.3 Å². The van der Waals surface area contributed by atoms with E-state index in [0.29, 0.717) is 17.0 Å². The molecule has 0 aliphatic heterocycles. The number of nitrogens with one attached hydrogen (secondary N) is 1. The Bertz CT molecular complexity index is 722. The molecule has 0 fully saturated rings. The number of hydrogen-bond donors (Lipinski definition) is 1. The SMILES string of the molecule is CCc1ccc(OC(C)C(=O)Nc2ccc(C(=O)N(C)C)cc2)cc1. The maximum absolute atomic E-state index is 12.3. The van der Waals surface area contributed by atoms with Crippen molar-refractivity contribution in [3.05, 3.63) is 59.7 Å². The molecule has 0 bridgehead atoms. The summed E-state index contributed by atoms with van der Waals surface area (Å²) in [5, 5.41) is 2.79. The van der Waals surface area contributed by atoms with Gasteiger partial charge >= 0.3 is 0 Å². The van der Waals surface area contributed by atoms with Crippen LogP contribution in [0, 0.1) is 0 Å². The van der Waals surface area contributed by atoms with E-state index in [4.69, 9.17) is 4.74 Å². The van der Waals surface area contributed by atoms with Crippen molar-refractivity contribution in [3.8, 4) is 5.75 Å². The number of rotatable bonds is 6.